The van der Waals surface area contributed by atoms with Crippen molar-refractivity contribution in [1.29, 1.82) is 0 Å². The predicted molar refractivity (Wildman–Crippen MR) is 301 cm³/mol. The first kappa shape index (κ1) is 66.7. The minimum absolute atomic E-state index is 0.428. The van der Waals surface area contributed by atoms with Crippen molar-refractivity contribution >= 4 is 11.9 Å². The minimum Gasteiger partial charge on any atom is -0.463 e. The Bertz CT molecular complexity index is 899. The van der Waals surface area contributed by atoms with Crippen LogP contribution in [0.25, 0.3) is 0 Å². The highest BCUT2D eigenvalue weighted by Crippen LogP contribution is 2.19. The molecule has 0 N–H and O–H groups in total. The average molecular weight is 958 g/mol. The molecule has 0 amide bonds. The van der Waals surface area contributed by atoms with Crippen LogP contribution in [0.2, 0.25) is 0 Å². The Labute approximate surface area is 428 Å². The molecule has 0 bridgehead atoms. The van der Waals surface area contributed by atoms with Gasteiger partial charge in [-0.2, -0.15) is 0 Å². The van der Waals surface area contributed by atoms with Crippen LogP contribution in [-0.2, 0) is 19.1 Å². The molecule has 404 valence electrons. The molecule has 0 spiro atoms. The Morgan fingerprint density at radius 1 is 0.206 bits per heavy atom. The van der Waals surface area contributed by atoms with Gasteiger partial charge in [-0.25, -0.2) is 9.59 Å². The summed E-state index contributed by atoms with van der Waals surface area (Å²) in [5, 5.41) is 0. The van der Waals surface area contributed by atoms with Crippen molar-refractivity contribution in [3.05, 3.63) is 12.2 Å². The highest BCUT2D eigenvalue weighted by molar-refractivity contribution is 5.91. The van der Waals surface area contributed by atoms with Gasteiger partial charge in [0.2, 0.25) is 0 Å². The first-order chi connectivity index (χ1) is 33.7. The second-order valence-electron chi connectivity index (χ2n) is 21.8. The lowest BCUT2D eigenvalue weighted by atomic mass is 10.0. The number of unbranched alkanes of at least 4 members (excludes halogenated alkanes) is 54. The lowest BCUT2D eigenvalue weighted by molar-refractivity contribution is -0.140. The zero-order valence-electron chi connectivity index (χ0n) is 46.8. The van der Waals surface area contributed by atoms with Crippen LogP contribution in [0.1, 0.15) is 373 Å². The first-order valence-electron chi connectivity index (χ1n) is 31.7. The number of hydrogen-bond acceptors (Lipinski definition) is 4. The fourth-order valence-electron chi connectivity index (χ4n) is 10.1. The van der Waals surface area contributed by atoms with Crippen molar-refractivity contribution in [2.24, 2.45) is 0 Å². The van der Waals surface area contributed by atoms with Gasteiger partial charge >= 0.3 is 11.9 Å². The number of ether oxygens (including phenoxy) is 2. The molecule has 0 unspecified atom stereocenters. The van der Waals surface area contributed by atoms with E-state index in [4.69, 9.17) is 9.47 Å². The molecule has 0 aliphatic rings. The van der Waals surface area contributed by atoms with E-state index in [1.165, 1.54) is 346 Å². The molecule has 0 heterocycles. The van der Waals surface area contributed by atoms with Crippen LogP contribution >= 0.6 is 0 Å². The SMILES string of the molecule is CCCCCCCCCCCCCCCCCCCCCCCCCCCCCCOC(=O)C=CC(=O)OCCCCCCCCCCCCCCCCCCCCCCCCCCCCCC. The lowest BCUT2D eigenvalue weighted by Gasteiger charge is -2.05. The summed E-state index contributed by atoms with van der Waals surface area (Å²) in [6, 6.07) is 0. The Morgan fingerprint density at radius 2 is 0.324 bits per heavy atom. The van der Waals surface area contributed by atoms with Crippen molar-refractivity contribution < 1.29 is 19.1 Å². The highest BCUT2D eigenvalue weighted by atomic mass is 16.5. The molecule has 4 nitrogen and oxygen atoms in total. The molecular weight excluding hydrogens is 833 g/mol. The van der Waals surface area contributed by atoms with Crippen molar-refractivity contribution in [1.82, 2.24) is 0 Å². The third-order valence-electron chi connectivity index (χ3n) is 14.8. The summed E-state index contributed by atoms with van der Waals surface area (Å²) >= 11 is 0. The van der Waals surface area contributed by atoms with Gasteiger partial charge in [0.05, 0.1) is 13.2 Å². The molecule has 4 heteroatoms. The number of esters is 2. The van der Waals surface area contributed by atoms with E-state index in [1.54, 1.807) is 0 Å². The molecule has 0 aromatic rings. The van der Waals surface area contributed by atoms with Gasteiger partial charge < -0.3 is 9.47 Å². The largest absolute Gasteiger partial charge is 0.463 e. The fourth-order valence-corrected chi connectivity index (χ4v) is 10.1. The maximum absolute atomic E-state index is 12.0. The monoisotopic (exact) mass is 957 g/mol. The molecule has 0 rings (SSSR count). The third kappa shape index (κ3) is 60.8. The van der Waals surface area contributed by atoms with E-state index >= 15 is 0 Å². The van der Waals surface area contributed by atoms with Crippen LogP contribution in [-0.4, -0.2) is 25.2 Å². The van der Waals surface area contributed by atoms with E-state index in [9.17, 15) is 9.59 Å². The van der Waals surface area contributed by atoms with Gasteiger partial charge in [-0.05, 0) is 12.8 Å². The highest BCUT2D eigenvalue weighted by Gasteiger charge is 2.03. The van der Waals surface area contributed by atoms with Crippen molar-refractivity contribution in [3.63, 3.8) is 0 Å². The van der Waals surface area contributed by atoms with Crippen LogP contribution in [0.3, 0.4) is 0 Å². The van der Waals surface area contributed by atoms with E-state index in [-0.39, 0.29) is 0 Å². The Balaban J connectivity index is 3.26. The van der Waals surface area contributed by atoms with Gasteiger partial charge in [0.15, 0.2) is 0 Å². The first-order valence-corrected chi connectivity index (χ1v) is 31.7. The van der Waals surface area contributed by atoms with Gasteiger partial charge in [-0.15, -0.1) is 0 Å². The molecule has 0 atom stereocenters. The van der Waals surface area contributed by atoms with Crippen molar-refractivity contribution in [3.8, 4) is 0 Å². The van der Waals surface area contributed by atoms with Crippen LogP contribution < -0.4 is 0 Å². The van der Waals surface area contributed by atoms with Gasteiger partial charge in [0.25, 0.3) is 0 Å². The van der Waals surface area contributed by atoms with E-state index < -0.39 is 11.9 Å². The summed E-state index contributed by atoms with van der Waals surface area (Å²) in [7, 11) is 0. The molecule has 0 saturated carbocycles. The van der Waals surface area contributed by atoms with E-state index in [0.717, 1.165) is 25.7 Å². The van der Waals surface area contributed by atoms with Gasteiger partial charge in [0, 0.05) is 12.2 Å². The molecule has 68 heavy (non-hydrogen) atoms. The number of carbonyl (C=O) groups is 2. The summed E-state index contributed by atoms with van der Waals surface area (Å²) in [5.74, 6) is -0.893. The van der Waals surface area contributed by atoms with Crippen molar-refractivity contribution in [2.45, 2.75) is 373 Å². The third-order valence-corrected chi connectivity index (χ3v) is 14.8. The van der Waals surface area contributed by atoms with E-state index in [2.05, 4.69) is 13.8 Å². The topological polar surface area (TPSA) is 52.6 Å². The van der Waals surface area contributed by atoms with E-state index in [0.29, 0.717) is 13.2 Å². The normalized spacial score (nSPS) is 11.6. The maximum atomic E-state index is 12.0. The predicted octanol–water partition coefficient (Wildman–Crippen LogP) is 22.5. The summed E-state index contributed by atoms with van der Waals surface area (Å²) in [6.45, 7) is 5.46. The molecule has 0 aliphatic heterocycles. The molecule has 0 fully saturated rings. The molecular formula is C64H124O4. The second-order valence-corrected chi connectivity index (χ2v) is 21.8. The summed E-state index contributed by atoms with van der Waals surface area (Å²) in [6.07, 6.45) is 80.2. The summed E-state index contributed by atoms with van der Waals surface area (Å²) < 4.78 is 10.6. The number of carbonyl (C=O) groups excluding carboxylic acids is 2. The molecule has 0 saturated heterocycles. The van der Waals surface area contributed by atoms with Gasteiger partial charge in [0.1, 0.15) is 0 Å². The zero-order valence-corrected chi connectivity index (χ0v) is 46.8. The Kier molecular flexibility index (Phi) is 60.6. The van der Waals surface area contributed by atoms with Crippen LogP contribution in [0.15, 0.2) is 12.2 Å². The quantitative estimate of drug-likeness (QED) is 0.0346. The van der Waals surface area contributed by atoms with E-state index in [1.807, 2.05) is 0 Å². The smallest absolute Gasteiger partial charge is 0.331 e. The molecule has 0 radical (unpaired) electrons. The maximum Gasteiger partial charge on any atom is 0.331 e. The van der Waals surface area contributed by atoms with Gasteiger partial charge in [-0.1, -0.05) is 361 Å². The summed E-state index contributed by atoms with van der Waals surface area (Å²) in [4.78, 5) is 24.0. The molecule has 0 aromatic heterocycles. The molecule has 0 aliphatic carbocycles. The van der Waals surface area contributed by atoms with Gasteiger partial charge in [-0.3, -0.25) is 0 Å². The molecule has 0 aromatic carbocycles. The van der Waals surface area contributed by atoms with Crippen molar-refractivity contribution in [2.75, 3.05) is 13.2 Å². The summed E-state index contributed by atoms with van der Waals surface area (Å²) in [5.41, 5.74) is 0. The second kappa shape index (κ2) is 61.8. The standard InChI is InChI=1S/C64H124O4/c1-3-5-7-9-11-13-15-17-19-21-23-25-27-29-31-33-35-37-39-41-43-45-47-49-51-53-55-57-61-67-63(65)59-60-64(66)68-62-58-56-54-52-50-48-46-44-42-40-38-36-34-32-30-28-26-24-22-20-18-16-14-12-10-8-6-4-2/h59-60H,3-58,61-62H2,1-2H3. The van der Waals surface area contributed by atoms with Crippen LogP contribution in [0, 0.1) is 0 Å². The lowest BCUT2D eigenvalue weighted by Crippen LogP contribution is -2.06. The van der Waals surface area contributed by atoms with Crippen LogP contribution in [0.4, 0.5) is 0 Å². The van der Waals surface area contributed by atoms with Crippen LogP contribution in [0.5, 0.6) is 0 Å². The number of rotatable bonds is 60. The zero-order chi connectivity index (χ0) is 49.0. The average Bonchev–Trinajstić information content (AvgIpc) is 3.34. The fraction of sp³-hybridized carbons (Fsp3) is 0.938. The minimum atomic E-state index is -0.447. The Hall–Kier alpha value is -1.32. The number of hydrogen-bond donors (Lipinski definition) is 0. The Morgan fingerprint density at radius 3 is 0.456 bits per heavy atom.